The van der Waals surface area contributed by atoms with Crippen LogP contribution < -0.4 is 0 Å². The number of halogens is 2. The summed E-state index contributed by atoms with van der Waals surface area (Å²) in [7, 11) is 0. The third kappa shape index (κ3) is 3.74. The lowest BCUT2D eigenvalue weighted by Gasteiger charge is -2.63. The average Bonchev–Trinajstić information content (AvgIpc) is 3.06. The molecule has 9 atom stereocenters. The molecular weight excluding hydrogens is 508 g/mol. The van der Waals surface area contributed by atoms with Crippen molar-refractivity contribution < 1.29 is 48.0 Å². The number of ketones is 2. The Morgan fingerprint density at radius 1 is 1.26 bits per heavy atom. The number of carbonyl (C=O) groups excluding carboxylic acids is 3. The van der Waals surface area contributed by atoms with Crippen LogP contribution in [0.25, 0.3) is 0 Å². The number of allylic oxidation sites excluding steroid dienone is 4. The first-order valence-corrected chi connectivity index (χ1v) is 12.8. The van der Waals surface area contributed by atoms with Crippen molar-refractivity contribution in [3.63, 3.8) is 0 Å². The summed E-state index contributed by atoms with van der Waals surface area (Å²) >= 11 is 0. The van der Waals surface area contributed by atoms with Crippen molar-refractivity contribution in [3.8, 4) is 0 Å². The standard InChI is InChI=1S/C26H33F2NO9/c1-14-9-16-17-11-19(27)18-10-15(31)6-7-23(18,2)25(17,28)20(32)12-24(16,3)26(14,21(33)13-30)38-22(34)5-4-8-37-29(35)36/h6-7,10,14,16-17,19-20,30,32H,4-5,8-9,11-13H2,1-3H3/t14-,16?,17?,19+,20+,23+,24+,25+,26+/m1/s1. The molecule has 38 heavy (non-hydrogen) atoms. The van der Waals surface area contributed by atoms with E-state index in [2.05, 4.69) is 4.84 Å². The van der Waals surface area contributed by atoms with Gasteiger partial charge in [0.1, 0.15) is 12.8 Å². The zero-order valence-corrected chi connectivity index (χ0v) is 21.5. The van der Waals surface area contributed by atoms with Gasteiger partial charge in [0.15, 0.2) is 17.1 Å². The second kappa shape index (κ2) is 9.48. The summed E-state index contributed by atoms with van der Waals surface area (Å²) in [5, 5.41) is 30.7. The predicted octanol–water partition coefficient (Wildman–Crippen LogP) is 2.38. The fourth-order valence-corrected chi connectivity index (χ4v) is 8.10. The maximum Gasteiger partial charge on any atom is 0.306 e. The van der Waals surface area contributed by atoms with E-state index in [-0.39, 0.29) is 44.3 Å². The SMILES string of the molecule is C[C@@H]1CC2C3C[C@H](F)C4=CC(=O)C=C[C@]4(C)[C@@]3(F)[C@@H](O)C[C@]2(C)[C@@]1(OC(=O)CCCO[N+](=O)[O-])C(=O)CO. The summed E-state index contributed by atoms with van der Waals surface area (Å²) in [6.07, 6.45) is -0.696. The van der Waals surface area contributed by atoms with Crippen LogP contribution >= 0.6 is 0 Å². The number of aliphatic hydroxyl groups is 2. The molecule has 0 aliphatic heterocycles. The van der Waals surface area contributed by atoms with Gasteiger partial charge in [-0.15, -0.1) is 10.1 Å². The van der Waals surface area contributed by atoms with Crippen LogP contribution in [0.2, 0.25) is 0 Å². The third-order valence-corrected chi connectivity index (χ3v) is 9.72. The highest BCUT2D eigenvalue weighted by molar-refractivity contribution is 6.01. The Labute approximate surface area is 218 Å². The van der Waals surface area contributed by atoms with Crippen LogP contribution in [0.15, 0.2) is 23.8 Å². The topological polar surface area (TPSA) is 153 Å². The number of carbonyl (C=O) groups is 3. The molecular formula is C26H33F2NO9. The molecule has 0 amide bonds. The molecule has 0 spiro atoms. The number of aliphatic hydroxyl groups excluding tert-OH is 2. The summed E-state index contributed by atoms with van der Waals surface area (Å²) < 4.78 is 38.7. The Morgan fingerprint density at radius 3 is 2.58 bits per heavy atom. The van der Waals surface area contributed by atoms with Gasteiger partial charge in [0.05, 0.1) is 12.7 Å². The highest BCUT2D eigenvalue weighted by atomic mass is 19.1. The zero-order chi connectivity index (χ0) is 28.3. The maximum atomic E-state index is 17.3. The molecule has 4 aliphatic carbocycles. The van der Waals surface area contributed by atoms with E-state index in [9.17, 15) is 34.7 Å². The summed E-state index contributed by atoms with van der Waals surface area (Å²) in [5.41, 5.74) is -7.29. The number of hydrogen-bond donors (Lipinski definition) is 2. The molecule has 0 bridgehead atoms. The lowest BCUT2D eigenvalue weighted by atomic mass is 9.44. The molecule has 0 radical (unpaired) electrons. The molecule has 4 aliphatic rings. The molecule has 2 N–H and O–H groups in total. The van der Waals surface area contributed by atoms with Crippen LogP contribution in [-0.4, -0.2) is 69.6 Å². The molecule has 3 fully saturated rings. The molecule has 12 heteroatoms. The Bertz CT molecular complexity index is 1110. The van der Waals surface area contributed by atoms with Crippen LogP contribution in [0.3, 0.4) is 0 Å². The van der Waals surface area contributed by atoms with E-state index in [0.717, 1.165) is 6.08 Å². The Morgan fingerprint density at radius 2 is 1.95 bits per heavy atom. The highest BCUT2D eigenvalue weighted by Crippen LogP contribution is 2.71. The smallest absolute Gasteiger partial charge is 0.306 e. The minimum Gasteiger partial charge on any atom is -0.450 e. The van der Waals surface area contributed by atoms with Crippen molar-refractivity contribution in [1.29, 1.82) is 0 Å². The number of Topliss-reactive ketones (excluding diaryl/α,β-unsaturated/α-hetero) is 1. The molecule has 0 saturated heterocycles. The van der Waals surface area contributed by atoms with Crippen molar-refractivity contribution in [2.75, 3.05) is 13.2 Å². The molecule has 0 aromatic rings. The number of alkyl halides is 2. The van der Waals surface area contributed by atoms with E-state index in [0.29, 0.717) is 0 Å². The van der Waals surface area contributed by atoms with E-state index in [1.165, 1.54) is 19.1 Å². The van der Waals surface area contributed by atoms with Crippen molar-refractivity contribution in [3.05, 3.63) is 33.9 Å². The molecule has 0 aromatic carbocycles. The van der Waals surface area contributed by atoms with Gasteiger partial charge in [-0.25, -0.2) is 8.78 Å². The largest absolute Gasteiger partial charge is 0.450 e. The molecule has 0 heterocycles. The minimum atomic E-state index is -2.37. The van der Waals surface area contributed by atoms with Crippen molar-refractivity contribution in [2.24, 2.45) is 28.6 Å². The highest BCUT2D eigenvalue weighted by Gasteiger charge is 2.78. The number of esters is 1. The Hall–Kier alpha value is -2.73. The van der Waals surface area contributed by atoms with Gasteiger partial charge >= 0.3 is 5.97 Å². The number of fused-ring (bicyclic) bond motifs is 5. The van der Waals surface area contributed by atoms with Gasteiger partial charge in [0.2, 0.25) is 5.78 Å². The summed E-state index contributed by atoms with van der Waals surface area (Å²) in [4.78, 5) is 52.7. The third-order valence-electron chi connectivity index (χ3n) is 9.72. The molecule has 0 aromatic heterocycles. The fraction of sp³-hybridized carbons (Fsp3) is 0.731. The molecule has 4 rings (SSSR count). The quantitative estimate of drug-likeness (QED) is 0.204. The van der Waals surface area contributed by atoms with E-state index >= 15 is 8.78 Å². The van der Waals surface area contributed by atoms with Crippen LogP contribution in [0.1, 0.15) is 52.9 Å². The number of ether oxygens (including phenoxy) is 1. The van der Waals surface area contributed by atoms with Crippen LogP contribution in [0, 0.1) is 38.7 Å². The zero-order valence-electron chi connectivity index (χ0n) is 21.5. The molecule has 3 saturated carbocycles. The first kappa shape index (κ1) is 28.3. The van der Waals surface area contributed by atoms with Gasteiger partial charge in [-0.2, -0.15) is 0 Å². The predicted molar refractivity (Wildman–Crippen MR) is 126 cm³/mol. The van der Waals surface area contributed by atoms with Crippen LogP contribution in [-0.2, 0) is 24.0 Å². The van der Waals surface area contributed by atoms with Crippen molar-refractivity contribution in [2.45, 2.75) is 76.4 Å². The average molecular weight is 542 g/mol. The Kier molecular flexibility index (Phi) is 7.05. The normalized spacial score (nSPS) is 43.4. The summed E-state index contributed by atoms with van der Waals surface area (Å²) in [5.74, 6) is -4.65. The minimum absolute atomic E-state index is 0.0292. The first-order chi connectivity index (χ1) is 17.7. The fourth-order valence-electron chi connectivity index (χ4n) is 8.10. The molecule has 2 unspecified atom stereocenters. The van der Waals surface area contributed by atoms with Gasteiger partial charge in [-0.3, -0.25) is 14.4 Å². The van der Waals surface area contributed by atoms with Crippen LogP contribution in [0.5, 0.6) is 0 Å². The molecule has 210 valence electrons. The second-order valence-corrected chi connectivity index (χ2v) is 11.4. The number of nitrogens with zero attached hydrogens (tertiary/aromatic N) is 1. The van der Waals surface area contributed by atoms with E-state index in [4.69, 9.17) is 4.74 Å². The van der Waals surface area contributed by atoms with Gasteiger partial charge in [-0.1, -0.05) is 19.9 Å². The summed E-state index contributed by atoms with van der Waals surface area (Å²) in [6, 6.07) is 0. The van der Waals surface area contributed by atoms with Crippen LogP contribution in [0.4, 0.5) is 8.78 Å². The lowest BCUT2D eigenvalue weighted by molar-refractivity contribution is -0.757. The lowest BCUT2D eigenvalue weighted by Crippen LogP contribution is -2.71. The van der Waals surface area contributed by atoms with Gasteiger partial charge in [0, 0.05) is 29.1 Å². The van der Waals surface area contributed by atoms with Crippen molar-refractivity contribution in [1.82, 2.24) is 0 Å². The second-order valence-electron chi connectivity index (χ2n) is 11.4. The summed E-state index contributed by atoms with van der Waals surface area (Å²) in [6.45, 7) is 3.35. The van der Waals surface area contributed by atoms with Gasteiger partial charge in [-0.05, 0) is 56.3 Å². The van der Waals surface area contributed by atoms with Gasteiger partial charge < -0.3 is 19.8 Å². The van der Waals surface area contributed by atoms with Gasteiger partial charge in [0.25, 0.3) is 5.09 Å². The number of hydrogen-bond acceptors (Lipinski definition) is 9. The van der Waals surface area contributed by atoms with Crippen molar-refractivity contribution >= 4 is 17.5 Å². The maximum absolute atomic E-state index is 17.3. The monoisotopic (exact) mass is 541 g/mol. The Balaban J connectivity index is 1.73. The molecule has 10 nitrogen and oxygen atoms in total. The first-order valence-electron chi connectivity index (χ1n) is 12.8. The van der Waals surface area contributed by atoms with E-state index in [1.54, 1.807) is 13.8 Å². The van der Waals surface area contributed by atoms with E-state index < -0.39 is 81.4 Å². The van der Waals surface area contributed by atoms with E-state index in [1.807, 2.05) is 0 Å². The number of rotatable bonds is 8.